The van der Waals surface area contributed by atoms with Crippen LogP contribution in [0.25, 0.3) is 17.1 Å². The van der Waals surface area contributed by atoms with E-state index in [9.17, 15) is 9.18 Å². The Morgan fingerprint density at radius 2 is 1.91 bits per heavy atom. The van der Waals surface area contributed by atoms with Crippen LogP contribution in [-0.4, -0.2) is 49.6 Å². The van der Waals surface area contributed by atoms with Gasteiger partial charge in [-0.1, -0.05) is 17.8 Å². The molecule has 0 saturated heterocycles. The van der Waals surface area contributed by atoms with Crippen LogP contribution >= 0.6 is 11.8 Å². The number of Topliss-reactive ketones (excluding diaryl/α,β-unsaturated/α-hetero) is 1. The van der Waals surface area contributed by atoms with Gasteiger partial charge in [0.2, 0.25) is 0 Å². The first-order chi connectivity index (χ1) is 16.0. The van der Waals surface area contributed by atoms with Gasteiger partial charge in [0.25, 0.3) is 0 Å². The standard InChI is InChI=1S/C24H24FN5O2S/c1-16-13-21(17(2)30(16)20-6-4-5-19(25)14-20)22(31)15-33-24-28-27-23(29(24)11-12-32-3)18-7-9-26-10-8-18/h4-10,13-14H,11-12,15H2,1-3H3. The van der Waals surface area contributed by atoms with E-state index in [-0.39, 0.29) is 17.4 Å². The van der Waals surface area contributed by atoms with Gasteiger partial charge >= 0.3 is 0 Å². The number of hydrogen-bond donors (Lipinski definition) is 0. The minimum absolute atomic E-state index is 0.0255. The van der Waals surface area contributed by atoms with Gasteiger partial charge in [0.1, 0.15) is 5.82 Å². The fraction of sp³-hybridized carbons (Fsp3) is 0.250. The lowest BCUT2D eigenvalue weighted by atomic mass is 10.2. The van der Waals surface area contributed by atoms with Crippen molar-refractivity contribution in [1.82, 2.24) is 24.3 Å². The summed E-state index contributed by atoms with van der Waals surface area (Å²) in [4.78, 5) is 17.2. The van der Waals surface area contributed by atoms with Gasteiger partial charge in [-0.3, -0.25) is 14.3 Å². The van der Waals surface area contributed by atoms with Crippen molar-refractivity contribution in [1.29, 1.82) is 0 Å². The van der Waals surface area contributed by atoms with E-state index in [1.165, 1.54) is 23.9 Å². The van der Waals surface area contributed by atoms with Crippen molar-refractivity contribution >= 4 is 17.5 Å². The maximum Gasteiger partial charge on any atom is 0.192 e. The first-order valence-corrected chi connectivity index (χ1v) is 11.4. The lowest BCUT2D eigenvalue weighted by molar-refractivity contribution is 0.102. The van der Waals surface area contributed by atoms with Crippen LogP contribution in [0, 0.1) is 19.7 Å². The molecule has 0 radical (unpaired) electrons. The summed E-state index contributed by atoms with van der Waals surface area (Å²) >= 11 is 1.34. The van der Waals surface area contributed by atoms with Crippen molar-refractivity contribution in [2.45, 2.75) is 25.5 Å². The van der Waals surface area contributed by atoms with Crippen LogP contribution in [0.4, 0.5) is 4.39 Å². The zero-order valence-electron chi connectivity index (χ0n) is 18.7. The molecule has 0 unspecified atom stereocenters. The van der Waals surface area contributed by atoms with Gasteiger partial charge in [0, 0.05) is 47.7 Å². The van der Waals surface area contributed by atoms with Crippen LogP contribution < -0.4 is 0 Å². The number of nitrogens with zero attached hydrogens (tertiary/aromatic N) is 5. The Balaban J connectivity index is 1.56. The predicted octanol–water partition coefficient (Wildman–Crippen LogP) is 4.51. The molecular weight excluding hydrogens is 441 g/mol. The summed E-state index contributed by atoms with van der Waals surface area (Å²) < 4.78 is 22.8. The molecule has 0 spiro atoms. The maximum atomic E-state index is 13.7. The van der Waals surface area contributed by atoms with E-state index in [4.69, 9.17) is 4.74 Å². The molecule has 0 amide bonds. The van der Waals surface area contributed by atoms with Crippen molar-refractivity contribution < 1.29 is 13.9 Å². The number of carbonyl (C=O) groups excluding carboxylic acids is 1. The molecule has 3 aromatic heterocycles. The van der Waals surface area contributed by atoms with E-state index in [1.807, 2.05) is 47.2 Å². The molecule has 3 heterocycles. The van der Waals surface area contributed by atoms with Crippen molar-refractivity contribution in [3.8, 4) is 17.1 Å². The Morgan fingerprint density at radius 3 is 2.64 bits per heavy atom. The summed E-state index contributed by atoms with van der Waals surface area (Å²) in [5.41, 5.74) is 3.85. The molecule has 9 heteroatoms. The highest BCUT2D eigenvalue weighted by atomic mass is 32.2. The number of rotatable bonds is 9. The molecule has 0 N–H and O–H groups in total. The molecule has 0 aliphatic heterocycles. The number of ether oxygens (including phenoxy) is 1. The molecule has 0 fully saturated rings. The number of pyridine rings is 1. The summed E-state index contributed by atoms with van der Waals surface area (Å²) in [6, 6.07) is 11.9. The first-order valence-electron chi connectivity index (χ1n) is 10.4. The number of carbonyl (C=O) groups is 1. The van der Waals surface area contributed by atoms with Gasteiger partial charge in [0.05, 0.1) is 18.9 Å². The molecule has 4 aromatic rings. The lowest BCUT2D eigenvalue weighted by Crippen LogP contribution is -2.10. The van der Waals surface area contributed by atoms with Gasteiger partial charge in [-0.2, -0.15) is 0 Å². The Bertz CT molecular complexity index is 1270. The van der Waals surface area contributed by atoms with Crippen LogP contribution in [0.15, 0.2) is 60.0 Å². The monoisotopic (exact) mass is 465 g/mol. The second-order valence-electron chi connectivity index (χ2n) is 7.50. The Labute approximate surface area is 195 Å². The third-order valence-corrected chi connectivity index (χ3v) is 6.27. The molecule has 0 bridgehead atoms. The van der Waals surface area contributed by atoms with Crippen molar-refractivity contribution in [2.24, 2.45) is 0 Å². The number of aryl methyl sites for hydroxylation is 1. The fourth-order valence-electron chi connectivity index (χ4n) is 3.76. The van der Waals surface area contributed by atoms with Gasteiger partial charge in [-0.25, -0.2) is 4.39 Å². The highest BCUT2D eigenvalue weighted by Crippen LogP contribution is 2.26. The highest BCUT2D eigenvalue weighted by Gasteiger charge is 2.20. The molecule has 170 valence electrons. The zero-order valence-corrected chi connectivity index (χ0v) is 19.5. The minimum Gasteiger partial charge on any atom is -0.383 e. The van der Waals surface area contributed by atoms with Crippen LogP contribution in [0.2, 0.25) is 0 Å². The van der Waals surface area contributed by atoms with E-state index in [2.05, 4.69) is 15.2 Å². The van der Waals surface area contributed by atoms with Crippen molar-refractivity contribution in [3.05, 3.63) is 77.6 Å². The third kappa shape index (κ3) is 4.89. The average Bonchev–Trinajstić information content (AvgIpc) is 3.36. The van der Waals surface area contributed by atoms with Gasteiger partial charge in [-0.05, 0) is 50.2 Å². The molecule has 1 aromatic carbocycles. The summed E-state index contributed by atoms with van der Waals surface area (Å²) in [5.74, 6) is 0.564. The lowest BCUT2D eigenvalue weighted by Gasteiger charge is -2.10. The summed E-state index contributed by atoms with van der Waals surface area (Å²) in [5, 5.41) is 9.29. The van der Waals surface area contributed by atoms with Crippen LogP contribution in [0.3, 0.4) is 0 Å². The van der Waals surface area contributed by atoms with E-state index in [1.54, 1.807) is 25.6 Å². The Hall–Kier alpha value is -3.30. The molecule has 7 nitrogen and oxygen atoms in total. The fourth-order valence-corrected chi connectivity index (χ4v) is 4.61. The molecular formula is C24H24FN5O2S. The van der Waals surface area contributed by atoms with Crippen LogP contribution in [0.5, 0.6) is 0 Å². The maximum absolute atomic E-state index is 13.7. The zero-order chi connectivity index (χ0) is 23.4. The van der Waals surface area contributed by atoms with Crippen molar-refractivity contribution in [3.63, 3.8) is 0 Å². The van der Waals surface area contributed by atoms with Gasteiger partial charge in [-0.15, -0.1) is 10.2 Å². The van der Waals surface area contributed by atoms with Crippen LogP contribution in [-0.2, 0) is 11.3 Å². The number of hydrogen-bond acceptors (Lipinski definition) is 6. The smallest absolute Gasteiger partial charge is 0.192 e. The normalized spacial score (nSPS) is 11.2. The molecule has 4 rings (SSSR count). The average molecular weight is 466 g/mol. The number of benzene rings is 1. The second-order valence-corrected chi connectivity index (χ2v) is 8.44. The molecule has 33 heavy (non-hydrogen) atoms. The largest absolute Gasteiger partial charge is 0.383 e. The third-order valence-electron chi connectivity index (χ3n) is 5.30. The second kappa shape index (κ2) is 10.1. The molecule has 0 aliphatic carbocycles. The van der Waals surface area contributed by atoms with Crippen LogP contribution in [0.1, 0.15) is 21.7 Å². The summed E-state index contributed by atoms with van der Waals surface area (Å²) in [6.07, 6.45) is 3.41. The Kier molecular flexibility index (Phi) is 7.00. The first kappa shape index (κ1) is 22.9. The van der Waals surface area contributed by atoms with E-state index in [0.717, 1.165) is 17.0 Å². The molecule has 0 saturated carbocycles. The topological polar surface area (TPSA) is 74.8 Å². The van der Waals surface area contributed by atoms with Crippen molar-refractivity contribution in [2.75, 3.05) is 19.5 Å². The number of methoxy groups -OCH3 is 1. The van der Waals surface area contributed by atoms with Gasteiger partial charge in [0.15, 0.2) is 16.8 Å². The SMILES string of the molecule is COCCn1c(SCC(=O)c2cc(C)n(-c3cccc(F)c3)c2C)nnc1-c1ccncc1. The summed E-state index contributed by atoms with van der Waals surface area (Å²) in [7, 11) is 1.64. The number of thioether (sulfide) groups is 1. The molecule has 0 atom stereocenters. The van der Waals surface area contributed by atoms with E-state index in [0.29, 0.717) is 35.4 Å². The van der Waals surface area contributed by atoms with E-state index >= 15 is 0 Å². The predicted molar refractivity (Wildman–Crippen MR) is 125 cm³/mol. The number of aromatic nitrogens is 5. The minimum atomic E-state index is -0.316. The van der Waals surface area contributed by atoms with E-state index < -0.39 is 0 Å². The summed E-state index contributed by atoms with van der Waals surface area (Å²) in [6.45, 7) is 4.83. The number of ketones is 1. The van der Waals surface area contributed by atoms with Gasteiger partial charge < -0.3 is 9.30 Å². The number of halogens is 1. The Morgan fingerprint density at radius 1 is 1.12 bits per heavy atom. The quantitative estimate of drug-likeness (QED) is 0.268. The molecule has 0 aliphatic rings. The highest BCUT2D eigenvalue weighted by molar-refractivity contribution is 7.99.